The largest absolute Gasteiger partial charge is 0.142 e. The Bertz CT molecular complexity index is 543. The topological polar surface area (TPSA) is 0 Å². The van der Waals surface area contributed by atoms with E-state index in [-0.39, 0.29) is 0 Å². The first kappa shape index (κ1) is 14.5. The van der Waals surface area contributed by atoms with Crippen molar-refractivity contribution >= 4 is 23.4 Å². The van der Waals surface area contributed by atoms with Crippen molar-refractivity contribution in [3.63, 3.8) is 0 Å². The van der Waals surface area contributed by atoms with Crippen LogP contribution in [-0.4, -0.2) is 0 Å². The first-order chi connectivity index (χ1) is 9.27. The Labute approximate surface area is 122 Å². The monoisotopic (exact) mass is 272 g/mol. The minimum absolute atomic E-state index is 1.17. The summed E-state index contributed by atoms with van der Waals surface area (Å²) in [6.45, 7) is 4.51. The lowest BCUT2D eigenvalue weighted by molar-refractivity contribution is 0.751. The van der Waals surface area contributed by atoms with Crippen LogP contribution in [0.4, 0.5) is 0 Å². The highest BCUT2D eigenvalue weighted by Crippen LogP contribution is 2.31. The minimum Gasteiger partial charge on any atom is -0.142 e. The fourth-order valence-electron chi connectivity index (χ4n) is 2.65. The molecule has 0 heterocycles. The molecular weight excluding hydrogens is 248 g/mol. The molecule has 0 radical (unpaired) electrons. The maximum Gasteiger partial charge on any atom is 0.0153 e. The summed E-state index contributed by atoms with van der Waals surface area (Å²) in [6, 6.07) is 11.0. The molecule has 0 aliphatic rings. The van der Waals surface area contributed by atoms with Gasteiger partial charge in [0.05, 0.1) is 0 Å². The van der Waals surface area contributed by atoms with E-state index in [2.05, 4.69) is 44.2 Å². The molecule has 0 amide bonds. The number of hydrogen-bond acceptors (Lipinski definition) is 1. The Morgan fingerprint density at radius 1 is 0.947 bits per heavy atom. The van der Waals surface area contributed by atoms with Gasteiger partial charge in [-0.25, -0.2) is 0 Å². The molecule has 0 saturated carbocycles. The molecule has 0 atom stereocenters. The van der Waals surface area contributed by atoms with E-state index < -0.39 is 0 Å². The zero-order valence-corrected chi connectivity index (χ0v) is 13.0. The molecule has 0 saturated heterocycles. The number of aryl methyl sites for hydroxylation is 1. The third kappa shape index (κ3) is 3.33. The summed E-state index contributed by atoms with van der Waals surface area (Å²) < 4.78 is 0. The van der Waals surface area contributed by atoms with Crippen molar-refractivity contribution in [3.8, 4) is 0 Å². The molecule has 0 N–H and O–H groups in total. The van der Waals surface area contributed by atoms with Crippen molar-refractivity contribution in [1.82, 2.24) is 0 Å². The van der Waals surface area contributed by atoms with E-state index in [0.717, 1.165) is 0 Å². The van der Waals surface area contributed by atoms with Crippen LogP contribution in [0.1, 0.15) is 50.7 Å². The van der Waals surface area contributed by atoms with Crippen LogP contribution in [0.5, 0.6) is 0 Å². The van der Waals surface area contributed by atoms with Gasteiger partial charge in [-0.1, -0.05) is 57.0 Å². The number of fused-ring (bicyclic) bond motifs is 1. The summed E-state index contributed by atoms with van der Waals surface area (Å²) in [6.07, 6.45) is 7.37. The number of rotatable bonds is 6. The molecule has 2 rings (SSSR count). The van der Waals surface area contributed by atoms with Crippen molar-refractivity contribution in [2.45, 2.75) is 57.3 Å². The summed E-state index contributed by atoms with van der Waals surface area (Å²) in [4.78, 5) is 1.21. The highest BCUT2D eigenvalue weighted by molar-refractivity contribution is 7.80. The second-order valence-electron chi connectivity index (χ2n) is 5.29. The van der Waals surface area contributed by atoms with Gasteiger partial charge >= 0.3 is 0 Å². The number of benzene rings is 2. The van der Waals surface area contributed by atoms with E-state index in [1.807, 2.05) is 0 Å². The number of hydrogen-bond donors (Lipinski definition) is 1. The van der Waals surface area contributed by atoms with E-state index in [1.54, 1.807) is 0 Å². The first-order valence-electron chi connectivity index (χ1n) is 7.50. The average molecular weight is 272 g/mol. The van der Waals surface area contributed by atoms with Crippen molar-refractivity contribution in [1.29, 1.82) is 0 Å². The molecule has 102 valence electrons. The van der Waals surface area contributed by atoms with Crippen LogP contribution in [0.3, 0.4) is 0 Å². The van der Waals surface area contributed by atoms with Crippen LogP contribution in [0.2, 0.25) is 0 Å². The fraction of sp³-hybridized carbons (Fsp3) is 0.444. The Balaban J connectivity index is 2.48. The van der Waals surface area contributed by atoms with Gasteiger partial charge in [-0.15, -0.1) is 12.6 Å². The predicted molar refractivity (Wildman–Crippen MR) is 88.4 cm³/mol. The summed E-state index contributed by atoms with van der Waals surface area (Å²) in [7, 11) is 0. The van der Waals surface area contributed by atoms with Crippen LogP contribution in [0.15, 0.2) is 35.2 Å². The summed E-state index contributed by atoms with van der Waals surface area (Å²) in [5.74, 6) is 0. The van der Waals surface area contributed by atoms with Gasteiger partial charge in [0.15, 0.2) is 0 Å². The van der Waals surface area contributed by atoms with E-state index in [4.69, 9.17) is 12.6 Å². The van der Waals surface area contributed by atoms with Crippen molar-refractivity contribution in [3.05, 3.63) is 41.5 Å². The van der Waals surface area contributed by atoms with Gasteiger partial charge in [-0.2, -0.15) is 0 Å². The smallest absolute Gasteiger partial charge is 0.0153 e. The van der Waals surface area contributed by atoms with Crippen LogP contribution >= 0.6 is 12.6 Å². The molecule has 2 aromatic carbocycles. The molecule has 1 heteroatoms. The molecule has 0 aromatic heterocycles. The molecule has 0 spiro atoms. The second kappa shape index (κ2) is 7.00. The van der Waals surface area contributed by atoms with Crippen LogP contribution in [-0.2, 0) is 12.8 Å². The van der Waals surface area contributed by atoms with Gasteiger partial charge < -0.3 is 0 Å². The highest BCUT2D eigenvalue weighted by atomic mass is 32.1. The van der Waals surface area contributed by atoms with E-state index >= 15 is 0 Å². The molecular formula is C18H24S. The zero-order chi connectivity index (χ0) is 13.7. The predicted octanol–water partition coefficient (Wildman–Crippen LogP) is 5.81. The van der Waals surface area contributed by atoms with Crippen molar-refractivity contribution in [2.75, 3.05) is 0 Å². The SMILES string of the molecule is CCCCc1cc2ccccc2c(S)c1CCCC. The molecule has 2 aromatic rings. The average Bonchev–Trinajstić information content (AvgIpc) is 2.44. The number of unbranched alkanes of at least 4 members (excludes halogenated alkanes) is 2. The summed E-state index contributed by atoms with van der Waals surface area (Å²) in [5, 5.41) is 2.64. The third-order valence-corrected chi connectivity index (χ3v) is 4.31. The standard InChI is InChI=1S/C18H24S/c1-3-5-9-14-13-15-10-7-8-12-17(15)18(19)16(14)11-6-4-2/h7-8,10,12-13,19H,3-6,9,11H2,1-2H3. The van der Waals surface area contributed by atoms with E-state index in [9.17, 15) is 0 Å². The Morgan fingerprint density at radius 2 is 1.63 bits per heavy atom. The highest BCUT2D eigenvalue weighted by Gasteiger charge is 2.10. The van der Waals surface area contributed by atoms with Crippen molar-refractivity contribution < 1.29 is 0 Å². The van der Waals surface area contributed by atoms with Crippen LogP contribution in [0, 0.1) is 0 Å². The summed E-state index contributed by atoms with van der Waals surface area (Å²) in [5.41, 5.74) is 3.00. The van der Waals surface area contributed by atoms with E-state index in [0.29, 0.717) is 0 Å². The van der Waals surface area contributed by atoms with Gasteiger partial charge in [0.1, 0.15) is 0 Å². The van der Waals surface area contributed by atoms with Gasteiger partial charge in [-0.05, 0) is 47.6 Å². The van der Waals surface area contributed by atoms with Gasteiger partial charge in [0.25, 0.3) is 0 Å². The molecule has 0 aliphatic carbocycles. The van der Waals surface area contributed by atoms with Gasteiger partial charge in [0, 0.05) is 4.90 Å². The lowest BCUT2D eigenvalue weighted by Gasteiger charge is -2.15. The minimum atomic E-state index is 1.17. The first-order valence-corrected chi connectivity index (χ1v) is 7.95. The third-order valence-electron chi connectivity index (χ3n) is 3.80. The maximum atomic E-state index is 4.83. The molecule has 0 fully saturated rings. The lowest BCUT2D eigenvalue weighted by Crippen LogP contribution is -1.98. The Morgan fingerprint density at radius 3 is 2.37 bits per heavy atom. The van der Waals surface area contributed by atoms with Gasteiger partial charge in [0.2, 0.25) is 0 Å². The number of thiol groups is 1. The maximum absolute atomic E-state index is 4.83. The van der Waals surface area contributed by atoms with Gasteiger partial charge in [-0.3, -0.25) is 0 Å². The summed E-state index contributed by atoms with van der Waals surface area (Å²) >= 11 is 4.83. The Hall–Kier alpha value is -0.950. The fourth-order valence-corrected chi connectivity index (χ4v) is 3.11. The molecule has 0 unspecified atom stereocenters. The van der Waals surface area contributed by atoms with Crippen LogP contribution < -0.4 is 0 Å². The second-order valence-corrected chi connectivity index (χ2v) is 5.74. The molecule has 0 bridgehead atoms. The normalized spacial score (nSPS) is 11.1. The Kier molecular flexibility index (Phi) is 5.33. The lowest BCUT2D eigenvalue weighted by atomic mass is 9.94. The molecule has 0 aliphatic heterocycles. The zero-order valence-electron chi connectivity index (χ0n) is 12.1. The molecule has 19 heavy (non-hydrogen) atoms. The van der Waals surface area contributed by atoms with Crippen LogP contribution in [0.25, 0.3) is 10.8 Å². The van der Waals surface area contributed by atoms with E-state index in [1.165, 1.54) is 65.3 Å². The molecule has 0 nitrogen and oxygen atoms in total. The quantitative estimate of drug-likeness (QED) is 0.630. The van der Waals surface area contributed by atoms with Crippen molar-refractivity contribution in [2.24, 2.45) is 0 Å².